The van der Waals surface area contributed by atoms with Gasteiger partial charge in [0.1, 0.15) is 24.5 Å². The SMILES string of the molecule is Cn1nc(-c2ccc(OCc3ccccc3)nc2OCc2ccccc2)c2ccc(N3C4COCC3CC(NC(=O)OC(C)(C)C)C4)cc21. The summed E-state index contributed by atoms with van der Waals surface area (Å²) in [6.07, 6.45) is 1.18. The number of ether oxygens (including phenoxy) is 4. The van der Waals surface area contributed by atoms with Gasteiger partial charge in [-0.15, -0.1) is 0 Å². The molecule has 7 rings (SSSR count). The number of rotatable bonds is 9. The largest absolute Gasteiger partial charge is 0.473 e. The Morgan fingerprint density at radius 1 is 0.878 bits per heavy atom. The summed E-state index contributed by atoms with van der Waals surface area (Å²) in [7, 11) is 1.96. The number of amides is 1. The molecule has 2 aromatic heterocycles. The molecule has 4 heterocycles. The monoisotopic (exact) mass is 661 g/mol. The minimum atomic E-state index is -0.538. The summed E-state index contributed by atoms with van der Waals surface area (Å²) in [5.74, 6) is 0.946. The van der Waals surface area contributed by atoms with Crippen molar-refractivity contribution < 1.29 is 23.7 Å². The molecule has 2 atom stereocenters. The fourth-order valence-corrected chi connectivity index (χ4v) is 6.79. The van der Waals surface area contributed by atoms with E-state index in [2.05, 4.69) is 28.4 Å². The highest BCUT2D eigenvalue weighted by atomic mass is 16.6. The Morgan fingerprint density at radius 3 is 2.18 bits per heavy atom. The standard InChI is InChI=1S/C39H43N5O5/c1-39(2,3)49-38(45)40-28-19-30-24-46-25-31(20-28)44(30)29-15-16-32-34(21-29)43(4)42-36(32)33-17-18-35(47-22-26-11-7-5-8-12-26)41-37(33)48-23-27-13-9-6-10-14-27/h5-18,21,28,30-31H,19-20,22-25H2,1-4H3,(H,40,45). The van der Waals surface area contributed by atoms with Gasteiger partial charge in [0.15, 0.2) is 0 Å². The van der Waals surface area contributed by atoms with Crippen LogP contribution in [0.3, 0.4) is 0 Å². The number of fused-ring (bicyclic) bond motifs is 3. The molecular formula is C39H43N5O5. The summed E-state index contributed by atoms with van der Waals surface area (Å²) in [6.45, 7) is 7.61. The predicted octanol–water partition coefficient (Wildman–Crippen LogP) is 7.05. The Kier molecular flexibility index (Phi) is 9.14. The van der Waals surface area contributed by atoms with Crippen LogP contribution in [0, 0.1) is 0 Å². The average Bonchev–Trinajstić information content (AvgIpc) is 3.41. The number of carbonyl (C=O) groups excluding carboxylic acids is 1. The average molecular weight is 662 g/mol. The van der Waals surface area contributed by atoms with Crippen molar-refractivity contribution in [3.05, 3.63) is 102 Å². The first-order valence-electron chi connectivity index (χ1n) is 16.9. The molecule has 10 heteroatoms. The first kappa shape index (κ1) is 32.5. The van der Waals surface area contributed by atoms with Crippen molar-refractivity contribution in [2.75, 3.05) is 18.1 Å². The maximum atomic E-state index is 12.5. The number of aromatic nitrogens is 3. The van der Waals surface area contributed by atoms with Crippen LogP contribution in [0.15, 0.2) is 91.0 Å². The smallest absolute Gasteiger partial charge is 0.407 e. The lowest BCUT2D eigenvalue weighted by Crippen LogP contribution is -2.61. The Bertz CT molecular complexity index is 1890. The zero-order valence-electron chi connectivity index (χ0n) is 28.5. The number of nitrogens with zero attached hydrogens (tertiary/aromatic N) is 4. The Morgan fingerprint density at radius 2 is 1.53 bits per heavy atom. The third kappa shape index (κ3) is 7.49. The lowest BCUT2D eigenvalue weighted by atomic mass is 9.89. The number of alkyl carbamates (subject to hydrolysis) is 1. The number of nitrogens with one attached hydrogen (secondary N) is 1. The van der Waals surface area contributed by atoms with Gasteiger partial charge in [0.05, 0.1) is 36.4 Å². The highest BCUT2D eigenvalue weighted by Crippen LogP contribution is 2.39. The van der Waals surface area contributed by atoms with Crippen LogP contribution in [0.5, 0.6) is 11.8 Å². The van der Waals surface area contributed by atoms with E-state index in [9.17, 15) is 4.79 Å². The molecule has 2 fully saturated rings. The van der Waals surface area contributed by atoms with Crippen molar-refractivity contribution in [2.45, 2.75) is 70.6 Å². The first-order valence-corrected chi connectivity index (χ1v) is 16.9. The molecule has 10 nitrogen and oxygen atoms in total. The summed E-state index contributed by atoms with van der Waals surface area (Å²) in [5, 5.41) is 9.08. The van der Waals surface area contributed by atoms with Gasteiger partial charge in [0.2, 0.25) is 11.8 Å². The number of carbonyl (C=O) groups is 1. The van der Waals surface area contributed by atoms with Crippen molar-refractivity contribution in [3.8, 4) is 23.0 Å². The van der Waals surface area contributed by atoms with Gasteiger partial charge in [0, 0.05) is 30.2 Å². The van der Waals surface area contributed by atoms with Crippen molar-refractivity contribution in [3.63, 3.8) is 0 Å². The maximum Gasteiger partial charge on any atom is 0.407 e. The van der Waals surface area contributed by atoms with Crippen LogP contribution in [-0.2, 0) is 29.7 Å². The third-order valence-corrected chi connectivity index (χ3v) is 8.91. The van der Waals surface area contributed by atoms with E-state index in [0.29, 0.717) is 38.2 Å². The zero-order valence-corrected chi connectivity index (χ0v) is 28.5. The molecular weight excluding hydrogens is 618 g/mol. The Hall–Kier alpha value is -5.09. The van der Waals surface area contributed by atoms with E-state index in [-0.39, 0.29) is 24.2 Å². The van der Waals surface area contributed by atoms with Crippen LogP contribution in [0.1, 0.15) is 44.7 Å². The van der Waals surface area contributed by atoms with Crippen molar-refractivity contribution >= 4 is 22.7 Å². The topological polar surface area (TPSA) is 100.0 Å². The van der Waals surface area contributed by atoms with Crippen LogP contribution >= 0.6 is 0 Å². The number of benzene rings is 3. The first-order chi connectivity index (χ1) is 23.7. The molecule has 2 aliphatic heterocycles. The van der Waals surface area contributed by atoms with Gasteiger partial charge in [-0.3, -0.25) is 4.68 Å². The summed E-state index contributed by atoms with van der Waals surface area (Å²) >= 11 is 0. The number of aryl methyl sites for hydroxylation is 1. The van der Waals surface area contributed by atoms with Gasteiger partial charge in [-0.1, -0.05) is 60.7 Å². The summed E-state index contributed by atoms with van der Waals surface area (Å²) < 4.78 is 25.9. The summed E-state index contributed by atoms with van der Waals surface area (Å²) in [5.41, 5.74) is 5.26. The van der Waals surface area contributed by atoms with Gasteiger partial charge in [0.25, 0.3) is 0 Å². The second kappa shape index (κ2) is 13.8. The fraction of sp³-hybridized carbons (Fsp3) is 0.359. The molecule has 2 unspecified atom stereocenters. The van der Waals surface area contributed by atoms with Crippen LogP contribution in [-0.4, -0.2) is 57.8 Å². The van der Waals surface area contributed by atoms with Gasteiger partial charge in [-0.05, 0) is 69.0 Å². The van der Waals surface area contributed by atoms with E-state index in [0.717, 1.165) is 51.8 Å². The number of hydrogen-bond acceptors (Lipinski definition) is 8. The number of piperidine rings is 1. The molecule has 254 valence electrons. The molecule has 2 aliphatic rings. The molecule has 1 amide bonds. The van der Waals surface area contributed by atoms with E-state index in [1.165, 1.54) is 0 Å². The van der Waals surface area contributed by atoms with Crippen LogP contribution in [0.25, 0.3) is 22.2 Å². The van der Waals surface area contributed by atoms with Gasteiger partial charge in [-0.25, -0.2) is 4.79 Å². The highest BCUT2D eigenvalue weighted by Gasteiger charge is 2.40. The maximum absolute atomic E-state index is 12.5. The quantitative estimate of drug-likeness (QED) is 0.179. The molecule has 49 heavy (non-hydrogen) atoms. The van der Waals surface area contributed by atoms with Gasteiger partial charge < -0.3 is 29.2 Å². The van der Waals surface area contributed by atoms with Crippen molar-refractivity contribution in [2.24, 2.45) is 7.05 Å². The predicted molar refractivity (Wildman–Crippen MR) is 189 cm³/mol. The molecule has 1 N–H and O–H groups in total. The minimum Gasteiger partial charge on any atom is -0.473 e. The van der Waals surface area contributed by atoms with E-state index < -0.39 is 5.60 Å². The number of pyridine rings is 1. The fourth-order valence-electron chi connectivity index (χ4n) is 6.79. The number of hydrogen-bond donors (Lipinski definition) is 1. The second-order valence-electron chi connectivity index (χ2n) is 13.8. The van der Waals surface area contributed by atoms with E-state index in [4.69, 9.17) is 29.0 Å². The van der Waals surface area contributed by atoms with E-state index in [1.54, 1.807) is 0 Å². The molecule has 2 saturated heterocycles. The molecule has 0 radical (unpaired) electrons. The normalized spacial score (nSPS) is 19.0. The Labute approximate surface area is 286 Å². The molecule has 0 spiro atoms. The van der Waals surface area contributed by atoms with Crippen molar-refractivity contribution in [1.29, 1.82) is 0 Å². The second-order valence-corrected chi connectivity index (χ2v) is 13.8. The Balaban J connectivity index is 1.15. The van der Waals surface area contributed by atoms with Crippen LogP contribution < -0.4 is 19.7 Å². The number of morpholine rings is 1. The zero-order chi connectivity index (χ0) is 34.0. The van der Waals surface area contributed by atoms with Crippen molar-refractivity contribution in [1.82, 2.24) is 20.1 Å². The van der Waals surface area contributed by atoms with Gasteiger partial charge >= 0.3 is 6.09 Å². The summed E-state index contributed by atoms with van der Waals surface area (Å²) in [6, 6.07) is 30.7. The van der Waals surface area contributed by atoms with E-state index in [1.807, 2.05) is 105 Å². The minimum absolute atomic E-state index is 0.0264. The highest BCUT2D eigenvalue weighted by molar-refractivity contribution is 5.96. The van der Waals surface area contributed by atoms with Gasteiger partial charge in [-0.2, -0.15) is 10.1 Å². The summed E-state index contributed by atoms with van der Waals surface area (Å²) in [4.78, 5) is 19.8. The van der Waals surface area contributed by atoms with Crippen LogP contribution in [0.4, 0.5) is 10.5 Å². The molecule has 2 bridgehead atoms. The number of anilines is 1. The lowest BCUT2D eigenvalue weighted by molar-refractivity contribution is 0.0276. The molecule has 5 aromatic rings. The molecule has 3 aromatic carbocycles. The lowest BCUT2D eigenvalue weighted by Gasteiger charge is -2.49. The third-order valence-electron chi connectivity index (χ3n) is 8.91. The van der Waals surface area contributed by atoms with Crippen LogP contribution in [0.2, 0.25) is 0 Å². The molecule has 0 aliphatic carbocycles. The molecule has 0 saturated carbocycles. The van der Waals surface area contributed by atoms with E-state index >= 15 is 0 Å².